The lowest BCUT2D eigenvalue weighted by Gasteiger charge is -2.43. The lowest BCUT2D eigenvalue weighted by molar-refractivity contribution is -0.141. The molecular formula is C41H47N5O5S. The number of amides is 2. The Kier molecular flexibility index (Phi) is 8.43. The molecule has 0 spiro atoms. The summed E-state index contributed by atoms with van der Waals surface area (Å²) >= 11 is 0. The first kappa shape index (κ1) is 33.6. The SMILES string of the molecule is COc1ccc(C2CCCCC2)c2c1cc1n2CC2=C(C(=O)NS(=O)(=O)NCc3ccccc3)C2=C2C=CC[C@@H](C(=O)N3C4CCC3CN(C)C4)C21. The van der Waals surface area contributed by atoms with E-state index in [9.17, 15) is 18.0 Å². The molecule has 272 valence electrons. The molecule has 1 aromatic heterocycles. The topological polar surface area (TPSA) is 113 Å². The minimum atomic E-state index is -4.14. The average Bonchev–Trinajstić information content (AvgIpc) is 3.69. The number of fused-ring (bicyclic) bond motifs is 8. The number of piperazine rings is 1. The van der Waals surface area contributed by atoms with Gasteiger partial charge in [-0.3, -0.25) is 9.59 Å². The van der Waals surface area contributed by atoms with Crippen LogP contribution in [0.25, 0.3) is 10.9 Å². The lowest BCUT2D eigenvalue weighted by Crippen LogP contribution is -2.56. The Labute approximate surface area is 305 Å². The summed E-state index contributed by atoms with van der Waals surface area (Å²) in [5.74, 6) is 0.126. The third kappa shape index (κ3) is 5.72. The summed E-state index contributed by atoms with van der Waals surface area (Å²) in [6, 6.07) is 16.2. The largest absolute Gasteiger partial charge is 0.496 e. The molecular weight excluding hydrogens is 675 g/mol. The second kappa shape index (κ2) is 13.0. The number of carbonyl (C=O) groups is 2. The summed E-state index contributed by atoms with van der Waals surface area (Å²) < 4.78 is 39.5. The molecule has 2 amide bonds. The van der Waals surface area contributed by atoms with Crippen molar-refractivity contribution in [2.75, 3.05) is 27.2 Å². The number of likely N-dealkylation sites (N-methyl/N-ethyl adjacent to an activating group) is 1. The molecule has 4 atom stereocenters. The quantitative estimate of drug-likeness (QED) is 0.321. The molecule has 3 aliphatic heterocycles. The standard InChI is InChI=1S/C41H47N5O5S/c1-44-22-27-16-17-28(23-44)46(27)41(48)31-15-9-14-30-36(31)34-20-32-35(51-2)19-18-29(26-12-7-4-8-13-26)39(32)45(34)24-33-37(30)38(33)40(47)43-52(49,50)42-21-25-10-5-3-6-11-25/h3,5-6,9-11,14,18-20,26-28,31,36,42H,4,7-8,12-13,15-17,21-24H2,1-2H3,(H,43,47)/t27?,28?,31-,36?/m1/s1. The van der Waals surface area contributed by atoms with Gasteiger partial charge in [0.15, 0.2) is 0 Å². The van der Waals surface area contributed by atoms with Gasteiger partial charge in [0.25, 0.3) is 5.91 Å². The van der Waals surface area contributed by atoms with Crippen LogP contribution in [0.4, 0.5) is 0 Å². The minimum absolute atomic E-state index is 0.0662. The Morgan fingerprint density at radius 1 is 0.962 bits per heavy atom. The molecule has 9 rings (SSSR count). The van der Waals surface area contributed by atoms with Crippen LogP contribution < -0.4 is 14.2 Å². The highest BCUT2D eigenvalue weighted by molar-refractivity contribution is 7.88. The molecule has 3 aromatic rings. The van der Waals surface area contributed by atoms with Gasteiger partial charge in [-0.15, -0.1) is 0 Å². The summed E-state index contributed by atoms with van der Waals surface area (Å²) in [7, 11) is -0.291. The molecule has 11 heteroatoms. The predicted octanol–water partition coefficient (Wildman–Crippen LogP) is 5.43. The molecule has 52 heavy (non-hydrogen) atoms. The van der Waals surface area contributed by atoms with E-state index < -0.39 is 16.1 Å². The van der Waals surface area contributed by atoms with Crippen molar-refractivity contribution in [3.63, 3.8) is 0 Å². The molecule has 3 fully saturated rings. The van der Waals surface area contributed by atoms with Crippen molar-refractivity contribution in [2.24, 2.45) is 5.92 Å². The number of aromatic nitrogens is 1. The first-order chi connectivity index (χ1) is 25.2. The van der Waals surface area contributed by atoms with Crippen LogP contribution in [-0.2, 0) is 32.9 Å². The second-order valence-electron chi connectivity index (χ2n) is 15.6. The summed E-state index contributed by atoms with van der Waals surface area (Å²) in [6.07, 6.45) is 12.7. The van der Waals surface area contributed by atoms with Crippen molar-refractivity contribution in [3.05, 3.63) is 99.8 Å². The van der Waals surface area contributed by atoms with E-state index in [-0.39, 0.29) is 36.4 Å². The maximum Gasteiger partial charge on any atom is 0.301 e. The van der Waals surface area contributed by atoms with E-state index in [0.29, 0.717) is 24.5 Å². The molecule has 2 saturated heterocycles. The number of methoxy groups -OCH3 is 1. The molecule has 2 aromatic carbocycles. The Morgan fingerprint density at radius 2 is 1.71 bits per heavy atom. The second-order valence-corrected chi connectivity index (χ2v) is 17.1. The molecule has 6 aliphatic rings. The number of carbonyl (C=O) groups excluding carboxylic acids is 2. The van der Waals surface area contributed by atoms with Gasteiger partial charge in [-0.2, -0.15) is 13.1 Å². The smallest absolute Gasteiger partial charge is 0.301 e. The van der Waals surface area contributed by atoms with Crippen molar-refractivity contribution in [2.45, 2.75) is 88.4 Å². The number of hydrogen-bond acceptors (Lipinski definition) is 6. The number of nitrogens with zero attached hydrogens (tertiary/aromatic N) is 3. The number of hydrogen-bond donors (Lipinski definition) is 2. The summed E-state index contributed by atoms with van der Waals surface area (Å²) in [4.78, 5) is 33.4. The van der Waals surface area contributed by atoms with Crippen molar-refractivity contribution in [3.8, 4) is 5.75 Å². The molecule has 3 unspecified atom stereocenters. The van der Waals surface area contributed by atoms with Gasteiger partial charge in [-0.25, -0.2) is 4.72 Å². The highest BCUT2D eigenvalue weighted by Gasteiger charge is 2.50. The zero-order valence-corrected chi connectivity index (χ0v) is 30.8. The van der Waals surface area contributed by atoms with E-state index in [1.807, 2.05) is 30.3 Å². The molecule has 10 nitrogen and oxygen atoms in total. The van der Waals surface area contributed by atoms with Crippen LogP contribution in [0, 0.1) is 5.92 Å². The number of allylic oxidation sites excluding steroid dienone is 4. The van der Waals surface area contributed by atoms with E-state index in [4.69, 9.17) is 4.74 Å². The number of rotatable bonds is 8. The Balaban J connectivity index is 1.14. The molecule has 2 N–H and O–H groups in total. The van der Waals surface area contributed by atoms with Gasteiger partial charge in [0.2, 0.25) is 5.91 Å². The van der Waals surface area contributed by atoms with E-state index in [1.165, 1.54) is 24.8 Å². The fourth-order valence-corrected chi connectivity index (χ4v) is 10.9. The molecule has 1 saturated carbocycles. The van der Waals surface area contributed by atoms with Gasteiger partial charge < -0.3 is 19.1 Å². The van der Waals surface area contributed by atoms with Crippen LogP contribution in [0.1, 0.15) is 80.0 Å². The van der Waals surface area contributed by atoms with E-state index in [0.717, 1.165) is 83.4 Å². The van der Waals surface area contributed by atoms with Gasteiger partial charge in [0.05, 0.1) is 24.1 Å². The van der Waals surface area contributed by atoms with Crippen LogP contribution in [0.2, 0.25) is 0 Å². The number of nitrogens with one attached hydrogen (secondary N) is 2. The zero-order valence-electron chi connectivity index (χ0n) is 29.9. The third-order valence-electron chi connectivity index (χ3n) is 12.5. The van der Waals surface area contributed by atoms with E-state index in [1.54, 1.807) is 7.11 Å². The number of likely N-dealkylation sites (tertiary alicyclic amines) is 1. The van der Waals surface area contributed by atoms with E-state index >= 15 is 0 Å². The number of ether oxygens (including phenoxy) is 1. The number of benzene rings is 2. The highest BCUT2D eigenvalue weighted by atomic mass is 32.2. The van der Waals surface area contributed by atoms with Gasteiger partial charge in [0, 0.05) is 55.3 Å². The van der Waals surface area contributed by atoms with Crippen molar-refractivity contribution < 1.29 is 22.7 Å². The predicted molar refractivity (Wildman–Crippen MR) is 200 cm³/mol. The summed E-state index contributed by atoms with van der Waals surface area (Å²) in [5, 5.41) is 1.03. The fourth-order valence-electron chi connectivity index (χ4n) is 10.2. The summed E-state index contributed by atoms with van der Waals surface area (Å²) in [6.45, 7) is 2.26. The first-order valence-corrected chi connectivity index (χ1v) is 20.4. The monoisotopic (exact) mass is 721 g/mol. The summed E-state index contributed by atoms with van der Waals surface area (Å²) in [5.41, 5.74) is 7.24. The minimum Gasteiger partial charge on any atom is -0.496 e. The lowest BCUT2D eigenvalue weighted by atomic mass is 9.75. The van der Waals surface area contributed by atoms with Crippen LogP contribution in [-0.4, -0.2) is 73.9 Å². The van der Waals surface area contributed by atoms with Crippen LogP contribution in [0.15, 0.2) is 83.0 Å². The highest BCUT2D eigenvalue weighted by Crippen LogP contribution is 2.55. The van der Waals surface area contributed by atoms with Gasteiger partial charge in [-0.05, 0) is 85.0 Å². The van der Waals surface area contributed by atoms with Crippen molar-refractivity contribution in [1.29, 1.82) is 0 Å². The molecule has 2 bridgehead atoms. The normalized spacial score (nSPS) is 25.8. The van der Waals surface area contributed by atoms with Crippen molar-refractivity contribution >= 4 is 32.9 Å². The van der Waals surface area contributed by atoms with E-state index in [2.05, 4.69) is 61.2 Å². The maximum atomic E-state index is 14.9. The Bertz CT molecular complexity index is 2150. The Morgan fingerprint density at radius 3 is 2.44 bits per heavy atom. The molecule has 0 radical (unpaired) electrons. The van der Waals surface area contributed by atoms with Gasteiger partial charge >= 0.3 is 10.2 Å². The third-order valence-corrected chi connectivity index (χ3v) is 13.5. The zero-order chi connectivity index (χ0) is 35.7. The van der Waals surface area contributed by atoms with Crippen LogP contribution >= 0.6 is 0 Å². The maximum absolute atomic E-state index is 14.9. The van der Waals surface area contributed by atoms with Gasteiger partial charge in [0.1, 0.15) is 5.75 Å². The van der Waals surface area contributed by atoms with Crippen LogP contribution in [0.5, 0.6) is 5.75 Å². The van der Waals surface area contributed by atoms with Gasteiger partial charge in [-0.1, -0.05) is 67.8 Å². The van der Waals surface area contributed by atoms with Crippen molar-refractivity contribution in [1.82, 2.24) is 23.8 Å². The molecule has 3 aliphatic carbocycles. The molecule has 4 heterocycles. The first-order valence-electron chi connectivity index (χ1n) is 18.9. The fraction of sp³-hybridized carbons (Fsp3) is 0.463. The average molecular weight is 722 g/mol. The van der Waals surface area contributed by atoms with Crippen LogP contribution in [0.3, 0.4) is 0 Å². The Hall–Kier alpha value is -4.19.